The van der Waals surface area contributed by atoms with Crippen LogP contribution in [0.4, 0.5) is 4.79 Å². The minimum atomic E-state index is -1.56. The van der Waals surface area contributed by atoms with Gasteiger partial charge < -0.3 is 29.2 Å². The summed E-state index contributed by atoms with van der Waals surface area (Å²) in [6.45, 7) is -0.503. The van der Waals surface area contributed by atoms with Crippen molar-refractivity contribution in [3.63, 3.8) is 0 Å². The SMILES string of the molecule is COc1ncc(OC(=O)OC[C@H]2O[C@@H](n3cc(/C=C/Cl)c(=O)[nH]c3=O)[C@@H](O)[C@@H]2O)cn1. The summed E-state index contributed by atoms with van der Waals surface area (Å²) >= 11 is 5.46. The van der Waals surface area contributed by atoms with E-state index in [9.17, 15) is 24.6 Å². The highest BCUT2D eigenvalue weighted by Gasteiger charge is 2.45. The fourth-order valence-electron chi connectivity index (χ4n) is 2.71. The summed E-state index contributed by atoms with van der Waals surface area (Å²) in [6.07, 6.45) is -2.05. The minimum Gasteiger partial charge on any atom is -0.467 e. The van der Waals surface area contributed by atoms with Gasteiger partial charge in [-0.1, -0.05) is 11.6 Å². The number of carbonyl (C=O) groups excluding carboxylic acids is 1. The molecule has 0 aromatic carbocycles. The molecule has 1 aliphatic heterocycles. The van der Waals surface area contributed by atoms with Crippen LogP contribution in [0.3, 0.4) is 0 Å². The Morgan fingerprint density at radius 1 is 1.32 bits per heavy atom. The lowest BCUT2D eigenvalue weighted by molar-refractivity contribution is -0.0604. The van der Waals surface area contributed by atoms with E-state index in [1.54, 1.807) is 0 Å². The minimum absolute atomic E-state index is 0.0173. The topological polar surface area (TPSA) is 175 Å². The molecule has 2 aromatic heterocycles. The Bertz CT molecular complexity index is 1070. The molecular formula is C17H17ClN4O9. The van der Waals surface area contributed by atoms with Crippen LogP contribution in [0.15, 0.2) is 33.7 Å². The van der Waals surface area contributed by atoms with Crippen molar-refractivity contribution in [3.8, 4) is 11.8 Å². The van der Waals surface area contributed by atoms with Gasteiger partial charge in [0.05, 0.1) is 25.1 Å². The van der Waals surface area contributed by atoms with Gasteiger partial charge in [0.1, 0.15) is 24.9 Å². The van der Waals surface area contributed by atoms with Crippen molar-refractivity contribution in [2.75, 3.05) is 13.7 Å². The number of hydrogen-bond donors (Lipinski definition) is 3. The van der Waals surface area contributed by atoms with E-state index in [1.165, 1.54) is 25.6 Å². The number of nitrogens with one attached hydrogen (secondary N) is 1. The third-order valence-corrected chi connectivity index (χ3v) is 4.33. The van der Waals surface area contributed by atoms with Gasteiger partial charge in [-0.2, -0.15) is 9.97 Å². The van der Waals surface area contributed by atoms with Crippen molar-refractivity contribution >= 4 is 23.8 Å². The Kier molecular flexibility index (Phi) is 7.02. The lowest BCUT2D eigenvalue weighted by Gasteiger charge is -2.17. The number of rotatable bonds is 6. The lowest BCUT2D eigenvalue weighted by Crippen LogP contribution is -2.38. The first kappa shape index (κ1) is 22.4. The molecule has 31 heavy (non-hydrogen) atoms. The van der Waals surface area contributed by atoms with Crippen LogP contribution < -0.4 is 20.7 Å². The summed E-state index contributed by atoms with van der Waals surface area (Å²) in [5.41, 5.74) is -0.495. The molecule has 0 spiro atoms. The van der Waals surface area contributed by atoms with Gasteiger partial charge in [-0.15, -0.1) is 0 Å². The van der Waals surface area contributed by atoms with Gasteiger partial charge >= 0.3 is 17.9 Å². The molecule has 14 heteroatoms. The second-order valence-corrected chi connectivity index (χ2v) is 6.41. The maximum absolute atomic E-state index is 12.1. The summed E-state index contributed by atoms with van der Waals surface area (Å²) in [4.78, 5) is 45.2. The highest BCUT2D eigenvalue weighted by atomic mass is 35.5. The lowest BCUT2D eigenvalue weighted by atomic mass is 10.1. The number of methoxy groups -OCH3 is 1. The van der Waals surface area contributed by atoms with Crippen LogP contribution in [0.25, 0.3) is 6.08 Å². The monoisotopic (exact) mass is 456 g/mol. The van der Waals surface area contributed by atoms with Gasteiger partial charge in [0.15, 0.2) is 12.0 Å². The van der Waals surface area contributed by atoms with E-state index in [4.69, 9.17) is 30.5 Å². The Balaban J connectivity index is 1.65. The molecule has 4 atom stereocenters. The molecule has 0 bridgehead atoms. The Hall–Kier alpha value is -3.26. The largest absolute Gasteiger partial charge is 0.514 e. The van der Waals surface area contributed by atoms with Gasteiger partial charge in [0.2, 0.25) is 0 Å². The molecular weight excluding hydrogens is 440 g/mol. The number of aromatic amines is 1. The average molecular weight is 457 g/mol. The number of aliphatic hydroxyl groups is 2. The van der Waals surface area contributed by atoms with E-state index in [0.717, 1.165) is 16.3 Å². The smallest absolute Gasteiger partial charge is 0.467 e. The molecule has 0 saturated carbocycles. The van der Waals surface area contributed by atoms with E-state index in [2.05, 4.69) is 9.97 Å². The summed E-state index contributed by atoms with van der Waals surface area (Å²) in [5, 5.41) is 20.5. The molecule has 3 rings (SSSR count). The number of aliphatic hydroxyl groups excluding tert-OH is 2. The second-order valence-electron chi connectivity index (χ2n) is 6.16. The molecule has 1 saturated heterocycles. The van der Waals surface area contributed by atoms with Crippen LogP contribution >= 0.6 is 11.6 Å². The van der Waals surface area contributed by atoms with E-state index in [-0.39, 0.29) is 17.3 Å². The predicted molar refractivity (Wildman–Crippen MR) is 103 cm³/mol. The van der Waals surface area contributed by atoms with E-state index < -0.39 is 48.6 Å². The first-order valence-corrected chi connectivity index (χ1v) is 9.12. The number of carbonyl (C=O) groups is 1. The molecule has 0 unspecified atom stereocenters. The van der Waals surface area contributed by atoms with Gasteiger partial charge in [-0.05, 0) is 6.08 Å². The first-order chi connectivity index (χ1) is 14.8. The standard InChI is InChI=1S/C17H17ClN4O9/c1-28-15-19-4-9(5-20-15)30-17(27)29-7-10-11(23)12(24)14(31-10)22-6-8(2-3-18)13(25)21-16(22)26/h2-6,10-12,14,23-24H,7H2,1H3,(H,21,25,26)/b3-2+/t10-,11-,12+,14-/m1/s1. The Morgan fingerprint density at radius 2 is 2.03 bits per heavy atom. The van der Waals surface area contributed by atoms with Crippen LogP contribution in [0.2, 0.25) is 0 Å². The number of ether oxygens (including phenoxy) is 4. The van der Waals surface area contributed by atoms with Gasteiger partial charge in [0.25, 0.3) is 5.56 Å². The third-order valence-electron chi connectivity index (χ3n) is 4.20. The van der Waals surface area contributed by atoms with Crippen LogP contribution in [0.5, 0.6) is 11.8 Å². The Labute approximate surface area is 178 Å². The number of hydrogen-bond acceptors (Lipinski definition) is 11. The zero-order valence-corrected chi connectivity index (χ0v) is 16.6. The third kappa shape index (κ3) is 5.08. The van der Waals surface area contributed by atoms with E-state index in [1.807, 2.05) is 4.98 Å². The quantitative estimate of drug-likeness (QED) is 0.472. The Morgan fingerprint density at radius 3 is 2.68 bits per heavy atom. The van der Waals surface area contributed by atoms with E-state index >= 15 is 0 Å². The fraction of sp³-hybridized carbons (Fsp3) is 0.353. The number of aromatic nitrogens is 4. The normalized spacial score (nSPS) is 23.1. The average Bonchev–Trinajstić information content (AvgIpc) is 3.03. The van der Waals surface area contributed by atoms with Crippen molar-refractivity contribution in [1.29, 1.82) is 0 Å². The number of H-pyrrole nitrogens is 1. The molecule has 166 valence electrons. The molecule has 3 N–H and O–H groups in total. The maximum Gasteiger partial charge on any atom is 0.514 e. The maximum atomic E-state index is 12.1. The summed E-state index contributed by atoms with van der Waals surface area (Å²) < 4.78 is 20.9. The molecule has 2 aromatic rings. The van der Waals surface area contributed by atoms with Gasteiger partial charge in [-0.3, -0.25) is 14.3 Å². The van der Waals surface area contributed by atoms with Crippen molar-refractivity contribution in [1.82, 2.24) is 19.5 Å². The van der Waals surface area contributed by atoms with Crippen molar-refractivity contribution in [3.05, 3.63) is 50.5 Å². The summed E-state index contributed by atoms with van der Waals surface area (Å²) in [7, 11) is 1.37. The molecule has 0 radical (unpaired) electrons. The molecule has 13 nitrogen and oxygen atoms in total. The van der Waals surface area contributed by atoms with E-state index in [0.29, 0.717) is 0 Å². The second kappa shape index (κ2) is 9.70. The van der Waals surface area contributed by atoms with Crippen molar-refractivity contribution < 1.29 is 34.0 Å². The molecule has 0 amide bonds. The molecule has 0 aliphatic carbocycles. The highest BCUT2D eigenvalue weighted by Crippen LogP contribution is 2.28. The van der Waals surface area contributed by atoms with Crippen LogP contribution in [0.1, 0.15) is 11.8 Å². The summed E-state index contributed by atoms with van der Waals surface area (Å²) in [6, 6.07) is 0.0745. The number of halogens is 1. The van der Waals surface area contributed by atoms with Gasteiger partial charge in [-0.25, -0.2) is 9.59 Å². The first-order valence-electron chi connectivity index (χ1n) is 8.68. The zero-order valence-electron chi connectivity index (χ0n) is 15.9. The molecule has 1 fully saturated rings. The predicted octanol–water partition coefficient (Wildman–Crippen LogP) is -0.621. The van der Waals surface area contributed by atoms with Crippen LogP contribution in [-0.4, -0.2) is 67.9 Å². The highest BCUT2D eigenvalue weighted by molar-refractivity contribution is 6.27. The van der Waals surface area contributed by atoms with Crippen LogP contribution in [-0.2, 0) is 9.47 Å². The van der Waals surface area contributed by atoms with Crippen molar-refractivity contribution in [2.24, 2.45) is 0 Å². The molecule has 3 heterocycles. The number of nitrogens with zero attached hydrogens (tertiary/aromatic N) is 3. The summed E-state index contributed by atoms with van der Waals surface area (Å²) in [5.74, 6) is -0.0173. The van der Waals surface area contributed by atoms with Crippen molar-refractivity contribution in [2.45, 2.75) is 24.5 Å². The molecule has 1 aliphatic rings. The van der Waals surface area contributed by atoms with Gasteiger partial charge in [0, 0.05) is 11.7 Å². The fourth-order valence-corrected chi connectivity index (χ4v) is 2.85. The van der Waals surface area contributed by atoms with Crippen LogP contribution in [0, 0.1) is 0 Å². The zero-order chi connectivity index (χ0) is 22.5.